The van der Waals surface area contributed by atoms with Gasteiger partial charge >= 0.3 is 0 Å². The van der Waals surface area contributed by atoms with Gasteiger partial charge in [0.25, 0.3) is 0 Å². The average Bonchev–Trinajstić information content (AvgIpc) is 3.03. The lowest BCUT2D eigenvalue weighted by molar-refractivity contribution is -0.140. The van der Waals surface area contributed by atoms with Crippen molar-refractivity contribution in [3.05, 3.63) is 46.5 Å². The van der Waals surface area contributed by atoms with E-state index in [1.807, 2.05) is 28.6 Å². The quantitative estimate of drug-likeness (QED) is 0.415. The Bertz CT molecular complexity index is 1020. The van der Waals surface area contributed by atoms with Crippen molar-refractivity contribution in [1.29, 1.82) is 0 Å². The number of nitrogens with one attached hydrogen (secondary N) is 1. The number of rotatable bonds is 5. The molecule has 0 amide bonds. The molecule has 3 heterocycles. The van der Waals surface area contributed by atoms with Crippen LogP contribution in [0.4, 0.5) is 10.3 Å². The maximum absolute atomic E-state index is 13.6. The highest BCUT2D eigenvalue weighted by Gasteiger charge is 2.32. The van der Waals surface area contributed by atoms with Crippen LogP contribution in [0.1, 0.15) is 48.8 Å². The standard InChI is InChI=1S/C21H27BFN5O3/c1-11-18-17(27-20(24)25-11)9-16(14-5-4-12(23)8-15(14)22)26-19(18)28-30-7-6-13-10-29-21(2,3)31-13/h4-5,8,13,16H,6-7,9-10,22H2,1-3H3,(H,26,28)(H2,24,25,27)/t13-,16+/m0/s1. The van der Waals surface area contributed by atoms with Gasteiger partial charge in [0.05, 0.1) is 35.7 Å². The molecule has 0 saturated carbocycles. The number of amidine groups is 1. The molecule has 0 bridgehead atoms. The van der Waals surface area contributed by atoms with E-state index >= 15 is 0 Å². The highest BCUT2D eigenvalue weighted by atomic mass is 19.1. The average molecular weight is 427 g/mol. The van der Waals surface area contributed by atoms with Crippen molar-refractivity contribution in [2.24, 2.45) is 5.16 Å². The molecule has 2 atom stereocenters. The van der Waals surface area contributed by atoms with Gasteiger partial charge in [-0.05, 0) is 38.5 Å². The zero-order valence-electron chi connectivity index (χ0n) is 18.2. The normalized spacial score (nSPS) is 23.4. The number of halogens is 1. The second-order valence-corrected chi connectivity index (χ2v) is 8.40. The van der Waals surface area contributed by atoms with Gasteiger partial charge in [0, 0.05) is 12.8 Å². The minimum Gasteiger partial charge on any atom is -0.394 e. The molecule has 31 heavy (non-hydrogen) atoms. The van der Waals surface area contributed by atoms with E-state index < -0.39 is 5.79 Å². The van der Waals surface area contributed by atoms with Crippen molar-refractivity contribution in [2.75, 3.05) is 18.9 Å². The van der Waals surface area contributed by atoms with Gasteiger partial charge in [-0.3, -0.25) is 0 Å². The molecular formula is C21H27BFN5O3. The van der Waals surface area contributed by atoms with Crippen LogP contribution in [0.2, 0.25) is 0 Å². The summed E-state index contributed by atoms with van der Waals surface area (Å²) < 4.78 is 25.0. The van der Waals surface area contributed by atoms with E-state index in [-0.39, 0.29) is 23.9 Å². The molecule has 0 radical (unpaired) electrons. The van der Waals surface area contributed by atoms with Crippen LogP contribution in [0.25, 0.3) is 0 Å². The first-order valence-corrected chi connectivity index (χ1v) is 10.4. The van der Waals surface area contributed by atoms with Gasteiger partial charge in [0.15, 0.2) is 11.6 Å². The van der Waals surface area contributed by atoms with E-state index in [1.165, 1.54) is 12.1 Å². The Kier molecular flexibility index (Phi) is 5.85. The second kappa shape index (κ2) is 8.43. The second-order valence-electron chi connectivity index (χ2n) is 8.40. The third kappa shape index (κ3) is 4.80. The number of aromatic nitrogens is 2. The van der Waals surface area contributed by atoms with Crippen molar-refractivity contribution in [1.82, 2.24) is 15.3 Å². The van der Waals surface area contributed by atoms with Crippen LogP contribution in [-0.2, 0) is 20.7 Å². The van der Waals surface area contributed by atoms with Crippen molar-refractivity contribution < 1.29 is 18.7 Å². The number of fused-ring (bicyclic) bond motifs is 1. The van der Waals surface area contributed by atoms with Crippen LogP contribution < -0.4 is 16.5 Å². The predicted molar refractivity (Wildman–Crippen MR) is 117 cm³/mol. The summed E-state index contributed by atoms with van der Waals surface area (Å²) >= 11 is 0. The zero-order valence-corrected chi connectivity index (χ0v) is 18.2. The van der Waals surface area contributed by atoms with Crippen molar-refractivity contribution >= 4 is 25.1 Å². The summed E-state index contributed by atoms with van der Waals surface area (Å²) in [5.41, 5.74) is 9.99. The number of ether oxygens (including phenoxy) is 2. The molecule has 0 aliphatic carbocycles. The van der Waals surface area contributed by atoms with Gasteiger partial charge in [-0.25, -0.2) is 14.4 Å². The fourth-order valence-corrected chi connectivity index (χ4v) is 4.08. The summed E-state index contributed by atoms with van der Waals surface area (Å²) in [6.07, 6.45) is 1.21. The van der Waals surface area contributed by atoms with Gasteiger partial charge < -0.3 is 25.4 Å². The third-order valence-corrected chi connectivity index (χ3v) is 5.49. The summed E-state index contributed by atoms with van der Waals surface area (Å²) in [4.78, 5) is 14.3. The van der Waals surface area contributed by atoms with Crippen LogP contribution in [0.3, 0.4) is 0 Å². The monoisotopic (exact) mass is 427 g/mol. The minimum atomic E-state index is -0.560. The molecule has 10 heteroatoms. The van der Waals surface area contributed by atoms with Crippen LogP contribution in [0, 0.1) is 12.7 Å². The summed E-state index contributed by atoms with van der Waals surface area (Å²) in [6.45, 7) is 6.56. The molecule has 2 aliphatic heterocycles. The third-order valence-electron chi connectivity index (χ3n) is 5.49. The molecule has 4 rings (SSSR count). The van der Waals surface area contributed by atoms with Crippen molar-refractivity contribution in [3.63, 3.8) is 0 Å². The molecule has 2 aromatic rings. The Morgan fingerprint density at radius 1 is 1.39 bits per heavy atom. The molecular weight excluding hydrogens is 400 g/mol. The molecule has 2 aliphatic rings. The zero-order chi connectivity index (χ0) is 22.2. The molecule has 1 aromatic heterocycles. The number of nitrogens with zero attached hydrogens (tertiary/aromatic N) is 3. The van der Waals surface area contributed by atoms with Gasteiger partial charge in [-0.1, -0.05) is 16.7 Å². The number of nitrogens with two attached hydrogens (primary N) is 1. The smallest absolute Gasteiger partial charge is 0.220 e. The van der Waals surface area contributed by atoms with Gasteiger partial charge in [-0.2, -0.15) is 0 Å². The fraction of sp³-hybridized carbons (Fsp3) is 0.476. The lowest BCUT2D eigenvalue weighted by atomic mass is 9.84. The van der Waals surface area contributed by atoms with Gasteiger partial charge in [0.2, 0.25) is 5.95 Å². The number of nitrogen functional groups attached to an aromatic ring is 1. The number of aryl methyl sites for hydroxylation is 1. The largest absolute Gasteiger partial charge is 0.394 e. The first kappa shape index (κ1) is 21.5. The molecule has 1 fully saturated rings. The van der Waals surface area contributed by atoms with E-state index in [1.54, 1.807) is 6.07 Å². The number of oxime groups is 1. The number of hydrogen-bond acceptors (Lipinski definition) is 7. The van der Waals surface area contributed by atoms with E-state index in [9.17, 15) is 4.39 Å². The number of hydrogen-bond donors (Lipinski definition) is 2. The van der Waals surface area contributed by atoms with E-state index in [2.05, 4.69) is 20.4 Å². The van der Waals surface area contributed by atoms with Crippen LogP contribution in [0.5, 0.6) is 0 Å². The van der Waals surface area contributed by atoms with Crippen LogP contribution >= 0.6 is 0 Å². The van der Waals surface area contributed by atoms with E-state index in [0.717, 1.165) is 28.0 Å². The summed E-state index contributed by atoms with van der Waals surface area (Å²) in [5, 5.41) is 7.76. The first-order chi connectivity index (χ1) is 14.7. The first-order valence-electron chi connectivity index (χ1n) is 10.4. The summed E-state index contributed by atoms with van der Waals surface area (Å²) in [7, 11) is 1.88. The van der Waals surface area contributed by atoms with Crippen LogP contribution in [0.15, 0.2) is 23.4 Å². The topological polar surface area (TPSA) is 104 Å². The van der Waals surface area contributed by atoms with E-state index in [4.69, 9.17) is 20.0 Å². The molecule has 1 saturated heterocycles. The number of benzene rings is 1. The fourth-order valence-electron chi connectivity index (χ4n) is 4.08. The van der Waals surface area contributed by atoms with Crippen molar-refractivity contribution in [3.8, 4) is 0 Å². The Balaban J connectivity index is 1.54. The lowest BCUT2D eigenvalue weighted by Gasteiger charge is -2.29. The molecule has 8 nitrogen and oxygen atoms in total. The highest BCUT2D eigenvalue weighted by molar-refractivity contribution is 6.33. The lowest BCUT2D eigenvalue weighted by Crippen LogP contribution is -2.40. The summed E-state index contributed by atoms with van der Waals surface area (Å²) in [6, 6.07) is 4.61. The van der Waals surface area contributed by atoms with Gasteiger partial charge in [0.1, 0.15) is 20.3 Å². The van der Waals surface area contributed by atoms with E-state index in [0.29, 0.717) is 31.9 Å². The molecule has 0 spiro atoms. The minimum absolute atomic E-state index is 0.0266. The van der Waals surface area contributed by atoms with Gasteiger partial charge in [-0.15, -0.1) is 0 Å². The Hall–Kier alpha value is -2.72. The van der Waals surface area contributed by atoms with Crippen molar-refractivity contribution in [2.45, 2.75) is 51.5 Å². The Morgan fingerprint density at radius 3 is 2.90 bits per heavy atom. The maximum atomic E-state index is 13.6. The molecule has 0 unspecified atom stereocenters. The van der Waals surface area contributed by atoms with Crippen LogP contribution in [-0.4, -0.2) is 48.8 Å². The Labute approximate surface area is 181 Å². The number of anilines is 1. The summed E-state index contributed by atoms with van der Waals surface area (Å²) in [5.74, 6) is -0.0709. The Morgan fingerprint density at radius 2 is 2.19 bits per heavy atom. The maximum Gasteiger partial charge on any atom is 0.220 e. The molecule has 164 valence electrons. The SMILES string of the molecule is Bc1cc(F)ccc1[C@H]1Cc2nc(N)nc(C)c2/C(=N/OCC[C@H]2COC(C)(C)O2)N1. The highest BCUT2D eigenvalue weighted by Crippen LogP contribution is 2.27. The molecule has 3 N–H and O–H groups in total. The molecule has 1 aromatic carbocycles. The predicted octanol–water partition coefficient (Wildman–Crippen LogP) is 0.872.